The smallest absolute Gasteiger partial charge is 0.162 e. The third-order valence-corrected chi connectivity index (χ3v) is 2.67. The number of Topliss-reactive ketones (excluding diaryl/α,β-unsaturated/α-hetero) is 1. The Labute approximate surface area is 97.9 Å². The highest BCUT2D eigenvalue weighted by atomic mass is 16.1. The van der Waals surface area contributed by atoms with Crippen molar-refractivity contribution < 1.29 is 4.79 Å². The maximum absolute atomic E-state index is 11.7. The van der Waals surface area contributed by atoms with Gasteiger partial charge >= 0.3 is 0 Å². The monoisotopic (exact) mass is 219 g/mol. The van der Waals surface area contributed by atoms with Crippen LogP contribution in [0.4, 0.5) is 0 Å². The Kier molecular flexibility index (Phi) is 5.79. The van der Waals surface area contributed by atoms with Crippen LogP contribution in [0.15, 0.2) is 24.3 Å². The molecule has 0 aromatic heterocycles. The first kappa shape index (κ1) is 12.9. The minimum atomic E-state index is 0.233. The molecule has 88 valence electrons. The fourth-order valence-corrected chi connectivity index (χ4v) is 1.72. The molecule has 0 aliphatic rings. The van der Waals surface area contributed by atoms with Gasteiger partial charge in [-0.3, -0.25) is 4.79 Å². The van der Waals surface area contributed by atoms with Gasteiger partial charge in [-0.25, -0.2) is 0 Å². The van der Waals surface area contributed by atoms with Gasteiger partial charge in [0.1, 0.15) is 0 Å². The molecule has 0 unspecified atom stereocenters. The maximum Gasteiger partial charge on any atom is 0.162 e. The summed E-state index contributed by atoms with van der Waals surface area (Å²) in [4.78, 5) is 11.7. The first-order valence-electron chi connectivity index (χ1n) is 6.10. The second kappa shape index (κ2) is 7.18. The van der Waals surface area contributed by atoms with Crippen molar-refractivity contribution in [3.63, 3.8) is 0 Å². The van der Waals surface area contributed by atoms with Crippen molar-refractivity contribution in [1.82, 2.24) is 0 Å². The molecule has 0 saturated heterocycles. The number of rotatable bonds is 7. The zero-order valence-electron chi connectivity index (χ0n) is 10.0. The minimum absolute atomic E-state index is 0.233. The first-order valence-corrected chi connectivity index (χ1v) is 6.10. The van der Waals surface area contributed by atoms with Crippen LogP contribution < -0.4 is 5.73 Å². The molecule has 2 N–H and O–H groups in total. The van der Waals surface area contributed by atoms with Gasteiger partial charge in [0, 0.05) is 12.0 Å². The summed E-state index contributed by atoms with van der Waals surface area (Å²) in [6.07, 6.45) is 4.67. The van der Waals surface area contributed by atoms with Crippen LogP contribution >= 0.6 is 0 Å². The van der Waals surface area contributed by atoms with Crippen molar-refractivity contribution in [3.05, 3.63) is 35.4 Å². The number of hydrogen-bond donors (Lipinski definition) is 1. The van der Waals surface area contributed by atoms with E-state index in [0.29, 0.717) is 13.0 Å². The lowest BCUT2D eigenvalue weighted by Gasteiger charge is -2.02. The lowest BCUT2D eigenvalue weighted by Crippen LogP contribution is -2.02. The molecule has 0 saturated carbocycles. The number of carbonyl (C=O) groups excluding carboxylic acids is 1. The molecule has 0 aliphatic carbocycles. The molecule has 0 fully saturated rings. The number of carbonyl (C=O) groups is 1. The number of aryl methyl sites for hydroxylation is 1. The Bertz CT molecular complexity index is 316. The Hall–Kier alpha value is -1.15. The number of hydrogen-bond acceptors (Lipinski definition) is 2. The molecule has 0 aliphatic heterocycles. The predicted molar refractivity (Wildman–Crippen MR) is 67.7 cm³/mol. The summed E-state index contributed by atoms with van der Waals surface area (Å²) >= 11 is 0. The van der Waals surface area contributed by atoms with Gasteiger partial charge in [-0.1, -0.05) is 37.6 Å². The van der Waals surface area contributed by atoms with Crippen molar-refractivity contribution >= 4 is 5.78 Å². The Morgan fingerprint density at radius 2 is 1.88 bits per heavy atom. The van der Waals surface area contributed by atoms with Crippen LogP contribution in [-0.4, -0.2) is 12.3 Å². The molecule has 1 aromatic carbocycles. The third kappa shape index (κ3) is 4.15. The molecule has 0 bridgehead atoms. The maximum atomic E-state index is 11.7. The topological polar surface area (TPSA) is 43.1 Å². The van der Waals surface area contributed by atoms with E-state index >= 15 is 0 Å². The van der Waals surface area contributed by atoms with Crippen LogP contribution in [0.2, 0.25) is 0 Å². The van der Waals surface area contributed by atoms with E-state index in [-0.39, 0.29) is 5.78 Å². The minimum Gasteiger partial charge on any atom is -0.330 e. The average molecular weight is 219 g/mol. The van der Waals surface area contributed by atoms with Crippen molar-refractivity contribution in [1.29, 1.82) is 0 Å². The van der Waals surface area contributed by atoms with Crippen LogP contribution in [0.25, 0.3) is 0 Å². The Morgan fingerprint density at radius 3 is 2.44 bits per heavy atom. The number of nitrogens with two attached hydrogens (primary N) is 1. The van der Waals surface area contributed by atoms with Crippen LogP contribution in [0.3, 0.4) is 0 Å². The van der Waals surface area contributed by atoms with Gasteiger partial charge in [-0.15, -0.1) is 0 Å². The average Bonchev–Trinajstić information content (AvgIpc) is 2.30. The molecule has 0 radical (unpaired) electrons. The second-order valence-electron chi connectivity index (χ2n) is 4.12. The van der Waals surface area contributed by atoms with Crippen molar-refractivity contribution in [2.24, 2.45) is 5.73 Å². The molecule has 2 nitrogen and oxygen atoms in total. The molecular weight excluding hydrogens is 198 g/mol. The van der Waals surface area contributed by atoms with Gasteiger partial charge in [-0.05, 0) is 31.4 Å². The molecule has 0 heterocycles. The summed E-state index contributed by atoms with van der Waals surface area (Å²) in [7, 11) is 0. The molecule has 2 heteroatoms. The van der Waals surface area contributed by atoms with Gasteiger partial charge in [-0.2, -0.15) is 0 Å². The van der Waals surface area contributed by atoms with Gasteiger partial charge in [0.25, 0.3) is 0 Å². The highest BCUT2D eigenvalue weighted by Gasteiger charge is 2.04. The summed E-state index contributed by atoms with van der Waals surface area (Å²) in [6, 6.07) is 7.99. The van der Waals surface area contributed by atoms with Crippen molar-refractivity contribution in [3.8, 4) is 0 Å². The molecule has 1 aromatic rings. The van der Waals surface area contributed by atoms with Gasteiger partial charge in [0.05, 0.1) is 0 Å². The standard InChI is InChI=1S/C14H21NO/c1-2-5-12-7-9-13(10-8-12)14(16)6-3-4-11-15/h7-10H,2-6,11,15H2,1H3. The fraction of sp³-hybridized carbons (Fsp3) is 0.500. The van der Waals surface area contributed by atoms with Gasteiger partial charge in [0.15, 0.2) is 5.78 Å². The molecule has 1 rings (SSSR count). The summed E-state index contributed by atoms with van der Waals surface area (Å²) in [5.41, 5.74) is 7.53. The highest BCUT2D eigenvalue weighted by molar-refractivity contribution is 5.96. The van der Waals surface area contributed by atoms with Crippen LogP contribution in [0.1, 0.15) is 48.5 Å². The number of benzene rings is 1. The molecule has 16 heavy (non-hydrogen) atoms. The van der Waals surface area contributed by atoms with E-state index in [0.717, 1.165) is 31.2 Å². The van der Waals surface area contributed by atoms with E-state index in [9.17, 15) is 4.79 Å². The lowest BCUT2D eigenvalue weighted by molar-refractivity contribution is 0.0979. The SMILES string of the molecule is CCCc1ccc(C(=O)CCCCN)cc1. The zero-order valence-corrected chi connectivity index (χ0v) is 10.0. The third-order valence-electron chi connectivity index (χ3n) is 2.67. The van der Waals surface area contributed by atoms with E-state index in [1.807, 2.05) is 12.1 Å². The molecule has 0 atom stereocenters. The van der Waals surface area contributed by atoms with Crippen molar-refractivity contribution in [2.45, 2.75) is 39.0 Å². The summed E-state index contributed by atoms with van der Waals surface area (Å²) in [6.45, 7) is 2.83. The molecular formula is C14H21NO. The van der Waals surface area contributed by atoms with Crippen LogP contribution in [-0.2, 0) is 6.42 Å². The lowest BCUT2D eigenvalue weighted by atomic mass is 10.0. The Balaban J connectivity index is 2.49. The number of unbranched alkanes of at least 4 members (excludes halogenated alkanes) is 1. The first-order chi connectivity index (χ1) is 7.77. The van der Waals surface area contributed by atoms with E-state index in [2.05, 4.69) is 19.1 Å². The van der Waals surface area contributed by atoms with Gasteiger partial charge < -0.3 is 5.73 Å². The van der Waals surface area contributed by atoms with Crippen LogP contribution in [0.5, 0.6) is 0 Å². The normalized spacial score (nSPS) is 10.4. The highest BCUT2D eigenvalue weighted by Crippen LogP contribution is 2.10. The van der Waals surface area contributed by atoms with Crippen LogP contribution in [0, 0.1) is 0 Å². The van der Waals surface area contributed by atoms with Crippen molar-refractivity contribution in [2.75, 3.05) is 6.54 Å². The number of ketones is 1. The fourth-order valence-electron chi connectivity index (χ4n) is 1.72. The second-order valence-corrected chi connectivity index (χ2v) is 4.12. The van der Waals surface area contributed by atoms with E-state index in [1.165, 1.54) is 5.56 Å². The quantitative estimate of drug-likeness (QED) is 0.566. The van der Waals surface area contributed by atoms with E-state index < -0.39 is 0 Å². The summed E-state index contributed by atoms with van der Waals surface area (Å²) in [5.74, 6) is 0.233. The van der Waals surface area contributed by atoms with Gasteiger partial charge in [0.2, 0.25) is 0 Å². The summed E-state index contributed by atoms with van der Waals surface area (Å²) < 4.78 is 0. The largest absolute Gasteiger partial charge is 0.330 e. The predicted octanol–water partition coefficient (Wildman–Crippen LogP) is 2.95. The van der Waals surface area contributed by atoms with E-state index in [4.69, 9.17) is 5.73 Å². The van der Waals surface area contributed by atoms with E-state index in [1.54, 1.807) is 0 Å². The summed E-state index contributed by atoms with van der Waals surface area (Å²) in [5, 5.41) is 0. The zero-order chi connectivity index (χ0) is 11.8. The Morgan fingerprint density at radius 1 is 1.19 bits per heavy atom. The molecule has 0 amide bonds. The molecule has 0 spiro atoms.